The van der Waals surface area contributed by atoms with E-state index in [0.717, 1.165) is 19.4 Å². The maximum Gasteiger partial charge on any atom is 0.255 e. The molecule has 1 heterocycles. The largest absolute Gasteiger partial charge is 0.350 e. The van der Waals surface area contributed by atoms with Gasteiger partial charge in [0.2, 0.25) is 0 Å². The zero-order valence-corrected chi connectivity index (χ0v) is 11.5. The molecule has 1 saturated heterocycles. The van der Waals surface area contributed by atoms with Crippen molar-refractivity contribution in [1.82, 2.24) is 10.6 Å². The van der Waals surface area contributed by atoms with Crippen LogP contribution in [0.15, 0.2) is 18.2 Å². The van der Waals surface area contributed by atoms with E-state index in [9.17, 15) is 9.18 Å². The Bertz CT molecular complexity index is 399. The van der Waals surface area contributed by atoms with E-state index in [-0.39, 0.29) is 11.5 Å². The fraction of sp³-hybridized carbons (Fsp3) is 0.417. The third kappa shape index (κ3) is 3.16. The lowest BCUT2D eigenvalue weighted by Gasteiger charge is -2.12. The SMILES string of the molecule is O=C(NCC1CCCN1)c1c(F)cccc1I. The molecule has 1 aliphatic heterocycles. The summed E-state index contributed by atoms with van der Waals surface area (Å²) in [7, 11) is 0. The second-order valence-electron chi connectivity index (χ2n) is 4.10. The summed E-state index contributed by atoms with van der Waals surface area (Å²) < 4.78 is 14.2. The summed E-state index contributed by atoms with van der Waals surface area (Å²) >= 11 is 1.97. The first-order valence-electron chi connectivity index (χ1n) is 5.64. The fourth-order valence-corrected chi connectivity index (χ4v) is 2.66. The predicted molar refractivity (Wildman–Crippen MR) is 72.5 cm³/mol. The molecule has 1 unspecified atom stereocenters. The van der Waals surface area contributed by atoms with Crippen molar-refractivity contribution in [2.24, 2.45) is 0 Å². The van der Waals surface area contributed by atoms with Gasteiger partial charge in [0.05, 0.1) is 5.56 Å². The lowest BCUT2D eigenvalue weighted by Crippen LogP contribution is -2.37. The van der Waals surface area contributed by atoms with Crippen LogP contribution in [0, 0.1) is 9.39 Å². The first-order chi connectivity index (χ1) is 8.18. The van der Waals surface area contributed by atoms with Gasteiger partial charge in [0.1, 0.15) is 5.82 Å². The summed E-state index contributed by atoms with van der Waals surface area (Å²) in [6, 6.07) is 4.97. The van der Waals surface area contributed by atoms with Crippen LogP contribution in [0.4, 0.5) is 4.39 Å². The van der Waals surface area contributed by atoms with Gasteiger partial charge in [-0.05, 0) is 54.1 Å². The Morgan fingerprint density at radius 3 is 3.06 bits per heavy atom. The Morgan fingerprint density at radius 2 is 2.41 bits per heavy atom. The summed E-state index contributed by atoms with van der Waals surface area (Å²) in [5.74, 6) is -0.796. The quantitative estimate of drug-likeness (QED) is 0.820. The molecule has 2 rings (SSSR count). The fourth-order valence-electron chi connectivity index (χ4n) is 1.95. The molecule has 1 fully saturated rings. The van der Waals surface area contributed by atoms with Gasteiger partial charge in [-0.15, -0.1) is 0 Å². The van der Waals surface area contributed by atoms with Gasteiger partial charge in [-0.25, -0.2) is 4.39 Å². The monoisotopic (exact) mass is 348 g/mol. The molecule has 0 spiro atoms. The minimum atomic E-state index is -0.464. The van der Waals surface area contributed by atoms with E-state index in [1.807, 2.05) is 22.6 Å². The topological polar surface area (TPSA) is 41.1 Å². The lowest BCUT2D eigenvalue weighted by molar-refractivity contribution is 0.0945. The normalized spacial score (nSPS) is 19.3. The summed E-state index contributed by atoms with van der Waals surface area (Å²) in [6.07, 6.45) is 2.20. The van der Waals surface area contributed by atoms with Crippen molar-refractivity contribution < 1.29 is 9.18 Å². The van der Waals surface area contributed by atoms with Crippen LogP contribution in [0.25, 0.3) is 0 Å². The van der Waals surface area contributed by atoms with E-state index in [4.69, 9.17) is 0 Å². The van der Waals surface area contributed by atoms with Gasteiger partial charge >= 0.3 is 0 Å². The molecule has 0 radical (unpaired) electrons. The zero-order chi connectivity index (χ0) is 12.3. The maximum atomic E-state index is 13.5. The number of nitrogens with one attached hydrogen (secondary N) is 2. The Morgan fingerprint density at radius 1 is 1.59 bits per heavy atom. The highest BCUT2D eigenvalue weighted by molar-refractivity contribution is 14.1. The van der Waals surface area contributed by atoms with Crippen molar-refractivity contribution in [3.8, 4) is 0 Å². The predicted octanol–water partition coefficient (Wildman–Crippen LogP) is 1.91. The minimum Gasteiger partial charge on any atom is -0.350 e. The number of hydrogen-bond acceptors (Lipinski definition) is 2. The van der Waals surface area contributed by atoms with E-state index in [0.29, 0.717) is 16.2 Å². The average molecular weight is 348 g/mol. The van der Waals surface area contributed by atoms with Gasteiger partial charge in [0, 0.05) is 16.2 Å². The number of carbonyl (C=O) groups is 1. The maximum absolute atomic E-state index is 13.5. The molecule has 1 amide bonds. The Kier molecular flexibility index (Phi) is 4.33. The highest BCUT2D eigenvalue weighted by Crippen LogP contribution is 2.15. The van der Waals surface area contributed by atoms with Gasteiger partial charge in [0.25, 0.3) is 5.91 Å². The van der Waals surface area contributed by atoms with E-state index >= 15 is 0 Å². The smallest absolute Gasteiger partial charge is 0.255 e. The Labute approximate surface area is 113 Å². The van der Waals surface area contributed by atoms with Crippen molar-refractivity contribution in [2.45, 2.75) is 18.9 Å². The number of hydrogen-bond donors (Lipinski definition) is 2. The number of amides is 1. The van der Waals surface area contributed by atoms with E-state index in [1.165, 1.54) is 6.07 Å². The molecule has 1 aromatic carbocycles. The van der Waals surface area contributed by atoms with Crippen LogP contribution in [0.3, 0.4) is 0 Å². The molecule has 1 aromatic rings. The van der Waals surface area contributed by atoms with Crippen molar-refractivity contribution >= 4 is 28.5 Å². The third-order valence-electron chi connectivity index (χ3n) is 2.86. The minimum absolute atomic E-state index is 0.145. The van der Waals surface area contributed by atoms with Crippen LogP contribution >= 0.6 is 22.6 Å². The van der Waals surface area contributed by atoms with E-state index < -0.39 is 5.82 Å². The van der Waals surface area contributed by atoms with Crippen molar-refractivity contribution in [3.05, 3.63) is 33.1 Å². The van der Waals surface area contributed by atoms with Crippen molar-refractivity contribution in [1.29, 1.82) is 0 Å². The molecule has 0 aromatic heterocycles. The average Bonchev–Trinajstić information content (AvgIpc) is 2.79. The van der Waals surface area contributed by atoms with Gasteiger partial charge < -0.3 is 10.6 Å². The molecule has 92 valence electrons. The van der Waals surface area contributed by atoms with Crippen LogP contribution in [0.2, 0.25) is 0 Å². The molecule has 3 nitrogen and oxygen atoms in total. The van der Waals surface area contributed by atoms with Gasteiger partial charge in [-0.3, -0.25) is 4.79 Å². The highest BCUT2D eigenvalue weighted by atomic mass is 127. The van der Waals surface area contributed by atoms with Gasteiger partial charge in [-0.2, -0.15) is 0 Å². The first kappa shape index (κ1) is 12.8. The zero-order valence-electron chi connectivity index (χ0n) is 9.30. The van der Waals surface area contributed by atoms with Crippen LogP contribution in [0.1, 0.15) is 23.2 Å². The molecule has 2 N–H and O–H groups in total. The highest BCUT2D eigenvalue weighted by Gasteiger charge is 2.18. The molecule has 1 aliphatic rings. The van der Waals surface area contributed by atoms with Gasteiger partial charge in [0.15, 0.2) is 0 Å². The summed E-state index contributed by atoms with van der Waals surface area (Å²) in [5, 5.41) is 6.06. The van der Waals surface area contributed by atoms with E-state index in [2.05, 4.69) is 10.6 Å². The summed E-state index contributed by atoms with van der Waals surface area (Å²) in [5.41, 5.74) is 0.145. The van der Waals surface area contributed by atoms with Crippen LogP contribution in [-0.2, 0) is 0 Å². The standard InChI is InChI=1S/C12H14FIN2O/c13-9-4-1-5-10(14)11(9)12(17)16-7-8-3-2-6-15-8/h1,4-5,8,15H,2-3,6-7H2,(H,16,17). The summed E-state index contributed by atoms with van der Waals surface area (Å²) in [6.45, 7) is 1.56. The number of benzene rings is 1. The molecule has 0 bridgehead atoms. The second kappa shape index (κ2) is 5.77. The molecule has 1 atom stereocenters. The Balaban J connectivity index is 1.99. The van der Waals surface area contributed by atoms with Crippen LogP contribution in [0.5, 0.6) is 0 Å². The molecular weight excluding hydrogens is 334 g/mol. The molecule has 0 aliphatic carbocycles. The molecule has 17 heavy (non-hydrogen) atoms. The summed E-state index contributed by atoms with van der Waals surface area (Å²) in [4.78, 5) is 11.9. The molecule has 5 heteroatoms. The molecular formula is C12H14FIN2O. The lowest BCUT2D eigenvalue weighted by atomic mass is 10.2. The second-order valence-corrected chi connectivity index (χ2v) is 5.26. The van der Waals surface area contributed by atoms with Crippen LogP contribution in [-0.4, -0.2) is 25.0 Å². The number of rotatable bonds is 3. The number of halogens is 2. The third-order valence-corrected chi connectivity index (χ3v) is 3.76. The van der Waals surface area contributed by atoms with Gasteiger partial charge in [-0.1, -0.05) is 6.07 Å². The number of carbonyl (C=O) groups excluding carboxylic acids is 1. The van der Waals surface area contributed by atoms with Crippen molar-refractivity contribution in [3.63, 3.8) is 0 Å². The Hall–Kier alpha value is -0.690. The van der Waals surface area contributed by atoms with Crippen molar-refractivity contribution in [2.75, 3.05) is 13.1 Å². The first-order valence-corrected chi connectivity index (χ1v) is 6.72. The van der Waals surface area contributed by atoms with E-state index in [1.54, 1.807) is 12.1 Å². The van der Waals surface area contributed by atoms with Crippen LogP contribution < -0.4 is 10.6 Å². The molecule has 0 saturated carbocycles.